The minimum absolute atomic E-state index is 0.143. The molecule has 110 valence electrons. The Balaban J connectivity index is 2.28. The van der Waals surface area contributed by atoms with Gasteiger partial charge in [-0.2, -0.15) is 0 Å². The van der Waals surface area contributed by atoms with Gasteiger partial charge in [0.15, 0.2) is 9.84 Å². The van der Waals surface area contributed by atoms with Gasteiger partial charge < -0.3 is 11.1 Å². The largest absolute Gasteiger partial charge is 0.398 e. The smallest absolute Gasteiger partial charge is 0.257 e. The molecular formula is C14H13BrN2O3S. The van der Waals surface area contributed by atoms with Gasteiger partial charge in [-0.05, 0) is 36.4 Å². The zero-order chi connectivity index (χ0) is 15.6. The Morgan fingerprint density at radius 3 is 2.52 bits per heavy atom. The highest BCUT2D eigenvalue weighted by atomic mass is 79.9. The molecule has 0 unspecified atom stereocenters. The summed E-state index contributed by atoms with van der Waals surface area (Å²) in [4.78, 5) is 12.3. The molecule has 0 spiro atoms. The predicted octanol–water partition coefficient (Wildman–Crippen LogP) is 2.69. The van der Waals surface area contributed by atoms with E-state index in [1.54, 1.807) is 30.3 Å². The summed E-state index contributed by atoms with van der Waals surface area (Å²) in [6, 6.07) is 11.0. The van der Waals surface area contributed by atoms with Crippen LogP contribution in [0.2, 0.25) is 0 Å². The van der Waals surface area contributed by atoms with Crippen LogP contribution in [0.5, 0.6) is 0 Å². The summed E-state index contributed by atoms with van der Waals surface area (Å²) >= 11 is 3.27. The topological polar surface area (TPSA) is 89.3 Å². The van der Waals surface area contributed by atoms with E-state index in [-0.39, 0.29) is 4.90 Å². The minimum Gasteiger partial charge on any atom is -0.398 e. The summed E-state index contributed by atoms with van der Waals surface area (Å²) in [6.45, 7) is 0. The number of carbonyl (C=O) groups excluding carboxylic acids is 1. The maximum absolute atomic E-state index is 12.2. The maximum Gasteiger partial charge on any atom is 0.257 e. The fourth-order valence-corrected chi connectivity index (χ4v) is 2.79. The number of nitrogens with two attached hydrogens (primary N) is 1. The highest BCUT2D eigenvalue weighted by molar-refractivity contribution is 9.10. The van der Waals surface area contributed by atoms with E-state index >= 15 is 0 Å². The Morgan fingerprint density at radius 1 is 1.19 bits per heavy atom. The molecule has 1 amide bonds. The lowest BCUT2D eigenvalue weighted by Gasteiger charge is -2.09. The summed E-state index contributed by atoms with van der Waals surface area (Å²) < 4.78 is 23.8. The molecule has 0 saturated heterocycles. The second kappa shape index (κ2) is 5.87. The first-order chi connectivity index (χ1) is 9.77. The Kier molecular flexibility index (Phi) is 4.34. The van der Waals surface area contributed by atoms with Crippen molar-refractivity contribution in [1.29, 1.82) is 0 Å². The highest BCUT2D eigenvalue weighted by Crippen LogP contribution is 2.21. The summed E-state index contributed by atoms with van der Waals surface area (Å²) in [5.74, 6) is -0.398. The van der Waals surface area contributed by atoms with Crippen LogP contribution in [-0.4, -0.2) is 20.6 Å². The molecule has 2 aromatic rings. The molecule has 0 heterocycles. The zero-order valence-electron chi connectivity index (χ0n) is 11.1. The van der Waals surface area contributed by atoms with Crippen LogP contribution in [0.1, 0.15) is 10.4 Å². The minimum atomic E-state index is -3.32. The van der Waals surface area contributed by atoms with E-state index in [4.69, 9.17) is 5.73 Å². The van der Waals surface area contributed by atoms with Gasteiger partial charge in [-0.25, -0.2) is 8.42 Å². The van der Waals surface area contributed by atoms with Crippen molar-refractivity contribution < 1.29 is 13.2 Å². The predicted molar refractivity (Wildman–Crippen MR) is 86.1 cm³/mol. The lowest BCUT2D eigenvalue weighted by molar-refractivity contribution is 0.102. The number of anilines is 2. The van der Waals surface area contributed by atoms with E-state index in [9.17, 15) is 13.2 Å². The third kappa shape index (κ3) is 3.83. The number of benzene rings is 2. The van der Waals surface area contributed by atoms with E-state index in [1.807, 2.05) is 0 Å². The molecular weight excluding hydrogens is 356 g/mol. The van der Waals surface area contributed by atoms with E-state index in [2.05, 4.69) is 21.2 Å². The average molecular weight is 369 g/mol. The molecule has 0 radical (unpaired) electrons. The molecule has 0 saturated carbocycles. The quantitative estimate of drug-likeness (QED) is 0.815. The second-order valence-corrected chi connectivity index (χ2v) is 7.42. The molecule has 21 heavy (non-hydrogen) atoms. The summed E-state index contributed by atoms with van der Waals surface area (Å²) in [5, 5.41) is 2.63. The number of hydrogen-bond acceptors (Lipinski definition) is 4. The van der Waals surface area contributed by atoms with Gasteiger partial charge in [0, 0.05) is 22.1 Å². The van der Waals surface area contributed by atoms with E-state index < -0.39 is 15.7 Å². The number of rotatable bonds is 3. The second-order valence-electron chi connectivity index (χ2n) is 4.49. The van der Waals surface area contributed by atoms with Gasteiger partial charge in [0.2, 0.25) is 0 Å². The van der Waals surface area contributed by atoms with Gasteiger partial charge in [-0.1, -0.05) is 22.0 Å². The van der Waals surface area contributed by atoms with Crippen molar-refractivity contribution in [3.8, 4) is 0 Å². The lowest BCUT2D eigenvalue weighted by Crippen LogP contribution is -2.14. The number of hydrogen-bond donors (Lipinski definition) is 2. The van der Waals surface area contributed by atoms with Crippen molar-refractivity contribution in [2.24, 2.45) is 0 Å². The molecule has 0 bridgehead atoms. The normalized spacial score (nSPS) is 11.1. The Bertz CT molecular complexity index is 804. The first-order valence-corrected chi connectivity index (χ1v) is 8.62. The van der Waals surface area contributed by atoms with Gasteiger partial charge >= 0.3 is 0 Å². The first-order valence-electron chi connectivity index (χ1n) is 5.94. The van der Waals surface area contributed by atoms with Crippen LogP contribution >= 0.6 is 15.9 Å². The van der Waals surface area contributed by atoms with E-state index in [0.29, 0.717) is 16.9 Å². The van der Waals surface area contributed by atoms with Gasteiger partial charge in [-0.15, -0.1) is 0 Å². The van der Waals surface area contributed by atoms with Crippen molar-refractivity contribution in [1.82, 2.24) is 0 Å². The summed E-state index contributed by atoms with van der Waals surface area (Å²) in [5.41, 5.74) is 6.84. The molecule has 3 N–H and O–H groups in total. The molecule has 2 rings (SSSR count). The lowest BCUT2D eigenvalue weighted by atomic mass is 10.1. The number of halogens is 1. The van der Waals surface area contributed by atoms with Gasteiger partial charge in [0.05, 0.1) is 10.5 Å². The Morgan fingerprint density at radius 2 is 1.90 bits per heavy atom. The third-order valence-corrected chi connectivity index (χ3v) is 4.38. The Labute approximate surface area is 131 Å². The fraction of sp³-hybridized carbons (Fsp3) is 0.0714. The molecule has 2 aromatic carbocycles. The first kappa shape index (κ1) is 15.5. The molecule has 0 atom stereocenters. The number of carbonyl (C=O) groups is 1. The van der Waals surface area contributed by atoms with E-state index in [1.165, 1.54) is 12.1 Å². The van der Waals surface area contributed by atoms with Crippen LogP contribution in [0, 0.1) is 0 Å². The van der Waals surface area contributed by atoms with Crippen LogP contribution in [0.25, 0.3) is 0 Å². The van der Waals surface area contributed by atoms with Crippen molar-refractivity contribution in [3.05, 3.63) is 52.5 Å². The molecule has 0 fully saturated rings. The summed E-state index contributed by atoms with van der Waals surface area (Å²) in [6.07, 6.45) is 1.11. The summed E-state index contributed by atoms with van der Waals surface area (Å²) in [7, 11) is -3.32. The van der Waals surface area contributed by atoms with Crippen molar-refractivity contribution in [2.75, 3.05) is 17.3 Å². The van der Waals surface area contributed by atoms with Gasteiger partial charge in [0.25, 0.3) is 5.91 Å². The molecule has 0 aromatic heterocycles. The fourth-order valence-electron chi connectivity index (χ4n) is 1.74. The van der Waals surface area contributed by atoms with Crippen LogP contribution in [-0.2, 0) is 9.84 Å². The number of sulfone groups is 1. The van der Waals surface area contributed by atoms with E-state index in [0.717, 1.165) is 10.7 Å². The number of amides is 1. The molecule has 7 heteroatoms. The van der Waals surface area contributed by atoms with Crippen molar-refractivity contribution >= 4 is 43.0 Å². The van der Waals surface area contributed by atoms with Crippen LogP contribution < -0.4 is 11.1 Å². The Hall–Kier alpha value is -1.86. The standard InChI is InChI=1S/C14H13BrN2O3S/c1-21(19,20)11-4-2-3-10(8-11)17-14(18)12-6-5-9(15)7-13(12)16/h2-8H,16H2,1H3,(H,17,18). The number of nitrogen functional groups attached to an aromatic ring is 1. The molecule has 5 nitrogen and oxygen atoms in total. The van der Waals surface area contributed by atoms with Gasteiger partial charge in [-0.3, -0.25) is 4.79 Å². The van der Waals surface area contributed by atoms with Crippen LogP contribution in [0.4, 0.5) is 11.4 Å². The number of nitrogens with one attached hydrogen (secondary N) is 1. The highest BCUT2D eigenvalue weighted by Gasteiger charge is 2.12. The maximum atomic E-state index is 12.2. The zero-order valence-corrected chi connectivity index (χ0v) is 13.5. The SMILES string of the molecule is CS(=O)(=O)c1cccc(NC(=O)c2ccc(Br)cc2N)c1. The average Bonchev–Trinajstić information content (AvgIpc) is 2.37. The molecule has 0 aliphatic rings. The van der Waals surface area contributed by atoms with Gasteiger partial charge in [0.1, 0.15) is 0 Å². The van der Waals surface area contributed by atoms with Crippen LogP contribution in [0.3, 0.4) is 0 Å². The van der Waals surface area contributed by atoms with Crippen molar-refractivity contribution in [2.45, 2.75) is 4.90 Å². The monoisotopic (exact) mass is 368 g/mol. The molecule has 0 aliphatic carbocycles. The van der Waals surface area contributed by atoms with Crippen molar-refractivity contribution in [3.63, 3.8) is 0 Å². The third-order valence-electron chi connectivity index (χ3n) is 2.78. The molecule has 0 aliphatic heterocycles. The van der Waals surface area contributed by atoms with Crippen LogP contribution in [0.15, 0.2) is 51.8 Å².